The molecule has 2 aromatic carbocycles. The molecule has 0 spiro atoms. The summed E-state index contributed by atoms with van der Waals surface area (Å²) in [4.78, 5) is 22.6. The van der Waals surface area contributed by atoms with Crippen LogP contribution >= 0.6 is 0 Å². The van der Waals surface area contributed by atoms with Crippen molar-refractivity contribution in [3.8, 4) is 0 Å². The highest BCUT2D eigenvalue weighted by Gasteiger charge is 2.27. The average Bonchev–Trinajstić information content (AvgIpc) is 2.73. The second-order valence-corrected chi connectivity index (χ2v) is 8.59. The highest BCUT2D eigenvalue weighted by molar-refractivity contribution is 7.89. The second kappa shape index (κ2) is 9.01. The van der Waals surface area contributed by atoms with E-state index in [9.17, 15) is 23.3 Å². The molecule has 0 unspecified atom stereocenters. The number of benzene rings is 2. The number of piperidine rings is 1. The van der Waals surface area contributed by atoms with Gasteiger partial charge in [0.05, 0.1) is 9.82 Å². The summed E-state index contributed by atoms with van der Waals surface area (Å²) in [5.74, 6) is 0. The molecule has 29 heavy (non-hydrogen) atoms. The fourth-order valence-corrected chi connectivity index (χ4v) is 4.93. The molecule has 1 fully saturated rings. The lowest BCUT2D eigenvalue weighted by molar-refractivity contribution is -0.384. The van der Waals surface area contributed by atoms with Gasteiger partial charge in [-0.2, -0.15) is 4.31 Å². The molecule has 0 atom stereocenters. The van der Waals surface area contributed by atoms with Gasteiger partial charge in [-0.1, -0.05) is 30.7 Å². The van der Waals surface area contributed by atoms with E-state index in [0.29, 0.717) is 18.7 Å². The zero-order valence-electron chi connectivity index (χ0n) is 15.7. The van der Waals surface area contributed by atoms with Gasteiger partial charge in [0.2, 0.25) is 10.0 Å². The number of hydrogen-bond acceptors (Lipinski definition) is 5. The number of anilines is 1. The van der Waals surface area contributed by atoms with E-state index in [2.05, 4.69) is 10.6 Å². The number of carbonyl (C=O) groups is 1. The van der Waals surface area contributed by atoms with Gasteiger partial charge in [-0.05, 0) is 30.5 Å². The smallest absolute Gasteiger partial charge is 0.319 e. The number of sulfonamides is 1. The molecular weight excluding hydrogens is 396 g/mol. The number of nitrogens with zero attached hydrogens (tertiary/aromatic N) is 2. The molecule has 0 radical (unpaired) electrons. The number of non-ortho nitro benzene ring substituents is 1. The van der Waals surface area contributed by atoms with E-state index < -0.39 is 21.0 Å². The number of nitrogens with one attached hydrogen (secondary N) is 2. The van der Waals surface area contributed by atoms with E-state index in [1.165, 1.54) is 28.6 Å². The second-order valence-electron chi connectivity index (χ2n) is 6.69. The van der Waals surface area contributed by atoms with Crippen LogP contribution in [0.2, 0.25) is 0 Å². The molecule has 154 valence electrons. The van der Waals surface area contributed by atoms with E-state index in [0.717, 1.165) is 19.3 Å². The van der Waals surface area contributed by atoms with Gasteiger partial charge in [-0.25, -0.2) is 13.2 Å². The lowest BCUT2D eigenvalue weighted by atomic mass is 10.2. The lowest BCUT2D eigenvalue weighted by Gasteiger charge is -2.26. The Morgan fingerprint density at radius 2 is 1.79 bits per heavy atom. The summed E-state index contributed by atoms with van der Waals surface area (Å²) < 4.78 is 27.4. The maximum Gasteiger partial charge on any atom is 0.319 e. The third-order valence-corrected chi connectivity index (χ3v) is 6.66. The standard InChI is InChI=1S/C19H22N4O5S/c24-19(21-16-8-6-9-17(13-16)23(25)26)20-14-15-7-2-3-10-18(15)29(27,28)22-11-4-1-5-12-22/h2-3,6-10,13H,1,4-5,11-12,14H2,(H2,20,21,24). The van der Waals surface area contributed by atoms with Crippen molar-refractivity contribution in [1.29, 1.82) is 0 Å². The van der Waals surface area contributed by atoms with Crippen LogP contribution in [0.25, 0.3) is 0 Å². The van der Waals surface area contributed by atoms with Gasteiger partial charge in [0.1, 0.15) is 0 Å². The van der Waals surface area contributed by atoms with Crippen LogP contribution in [-0.4, -0.2) is 36.8 Å². The minimum absolute atomic E-state index is 0.00397. The third-order valence-electron chi connectivity index (χ3n) is 4.66. The molecule has 9 nitrogen and oxygen atoms in total. The van der Waals surface area contributed by atoms with E-state index in [4.69, 9.17) is 0 Å². The summed E-state index contributed by atoms with van der Waals surface area (Å²) in [5, 5.41) is 16.0. The average molecular weight is 418 g/mol. The monoisotopic (exact) mass is 418 g/mol. The molecule has 0 aromatic heterocycles. The summed E-state index contributed by atoms with van der Waals surface area (Å²) >= 11 is 0. The Morgan fingerprint density at radius 1 is 1.07 bits per heavy atom. The number of rotatable bonds is 6. The molecular formula is C19H22N4O5S. The molecule has 0 aliphatic carbocycles. The van der Waals surface area contributed by atoms with Crippen molar-refractivity contribution < 1.29 is 18.1 Å². The zero-order chi connectivity index (χ0) is 20.9. The Morgan fingerprint density at radius 3 is 2.52 bits per heavy atom. The van der Waals surface area contributed by atoms with Crippen molar-refractivity contribution in [1.82, 2.24) is 9.62 Å². The molecule has 3 rings (SSSR count). The molecule has 2 amide bonds. The minimum atomic E-state index is -3.63. The van der Waals surface area contributed by atoms with Crippen LogP contribution in [0.1, 0.15) is 24.8 Å². The fourth-order valence-electron chi connectivity index (χ4n) is 3.19. The van der Waals surface area contributed by atoms with Gasteiger partial charge in [0, 0.05) is 37.5 Å². The molecule has 2 N–H and O–H groups in total. The van der Waals surface area contributed by atoms with Crippen molar-refractivity contribution in [3.63, 3.8) is 0 Å². The van der Waals surface area contributed by atoms with Crippen molar-refractivity contribution >= 4 is 27.4 Å². The largest absolute Gasteiger partial charge is 0.334 e. The van der Waals surface area contributed by atoms with Crippen LogP contribution < -0.4 is 10.6 Å². The summed E-state index contributed by atoms with van der Waals surface area (Å²) in [6, 6.07) is 11.5. The van der Waals surface area contributed by atoms with Crippen LogP contribution in [0.4, 0.5) is 16.2 Å². The number of carbonyl (C=O) groups excluding carboxylic acids is 1. The first-order valence-electron chi connectivity index (χ1n) is 9.25. The first-order valence-corrected chi connectivity index (χ1v) is 10.7. The predicted molar refractivity (Wildman–Crippen MR) is 108 cm³/mol. The van der Waals surface area contributed by atoms with Gasteiger partial charge in [-0.3, -0.25) is 10.1 Å². The van der Waals surface area contributed by atoms with Crippen LogP contribution in [-0.2, 0) is 16.6 Å². The normalized spacial score (nSPS) is 14.9. The van der Waals surface area contributed by atoms with Crippen molar-refractivity contribution in [3.05, 3.63) is 64.2 Å². The van der Waals surface area contributed by atoms with Crippen LogP contribution in [0.5, 0.6) is 0 Å². The molecule has 10 heteroatoms. The van der Waals surface area contributed by atoms with Crippen molar-refractivity contribution in [2.75, 3.05) is 18.4 Å². The topological polar surface area (TPSA) is 122 Å². The molecule has 1 saturated heterocycles. The molecule has 2 aromatic rings. The Hall–Kier alpha value is -2.98. The molecule has 0 saturated carbocycles. The fraction of sp³-hybridized carbons (Fsp3) is 0.316. The molecule has 1 heterocycles. The number of urea groups is 1. The number of amides is 2. The summed E-state index contributed by atoms with van der Waals surface area (Å²) in [6.07, 6.45) is 2.70. The van der Waals surface area contributed by atoms with Gasteiger partial charge >= 0.3 is 6.03 Å². The maximum absolute atomic E-state index is 13.0. The first kappa shape index (κ1) is 20.7. The summed E-state index contributed by atoms with van der Waals surface area (Å²) in [5.41, 5.74) is 0.610. The van der Waals surface area contributed by atoms with Crippen LogP contribution in [0, 0.1) is 10.1 Å². The van der Waals surface area contributed by atoms with E-state index in [-0.39, 0.29) is 22.8 Å². The highest BCUT2D eigenvalue weighted by atomic mass is 32.2. The van der Waals surface area contributed by atoms with E-state index >= 15 is 0 Å². The van der Waals surface area contributed by atoms with Crippen molar-refractivity contribution in [2.24, 2.45) is 0 Å². The number of hydrogen-bond donors (Lipinski definition) is 2. The maximum atomic E-state index is 13.0. The van der Waals surface area contributed by atoms with Gasteiger partial charge < -0.3 is 10.6 Å². The molecule has 0 bridgehead atoms. The van der Waals surface area contributed by atoms with E-state index in [1.807, 2.05) is 0 Å². The molecule has 1 aliphatic heterocycles. The minimum Gasteiger partial charge on any atom is -0.334 e. The number of nitro benzene ring substituents is 1. The SMILES string of the molecule is O=C(NCc1ccccc1S(=O)(=O)N1CCCCC1)Nc1cccc([N+](=O)[O-])c1. The van der Waals surface area contributed by atoms with Crippen molar-refractivity contribution in [2.45, 2.75) is 30.7 Å². The first-order chi connectivity index (χ1) is 13.9. The molecule has 1 aliphatic rings. The van der Waals surface area contributed by atoms with E-state index in [1.54, 1.807) is 24.3 Å². The third kappa shape index (κ3) is 5.09. The zero-order valence-corrected chi connectivity index (χ0v) is 16.5. The quantitative estimate of drug-likeness (QED) is 0.551. The van der Waals surface area contributed by atoms with Crippen LogP contribution in [0.3, 0.4) is 0 Å². The van der Waals surface area contributed by atoms with Gasteiger partial charge in [0.15, 0.2) is 0 Å². The summed E-state index contributed by atoms with van der Waals surface area (Å²) in [6.45, 7) is 0.999. The van der Waals surface area contributed by atoms with Gasteiger partial charge in [0.25, 0.3) is 5.69 Å². The van der Waals surface area contributed by atoms with Gasteiger partial charge in [-0.15, -0.1) is 0 Å². The Balaban J connectivity index is 1.69. The lowest BCUT2D eigenvalue weighted by Crippen LogP contribution is -2.36. The Bertz CT molecular complexity index is 1000. The Labute approximate surface area is 168 Å². The highest BCUT2D eigenvalue weighted by Crippen LogP contribution is 2.23. The summed E-state index contributed by atoms with van der Waals surface area (Å²) in [7, 11) is -3.63. The van der Waals surface area contributed by atoms with Crippen LogP contribution in [0.15, 0.2) is 53.4 Å². The predicted octanol–water partition coefficient (Wildman–Crippen LogP) is 3.09. The Kier molecular flexibility index (Phi) is 6.45. The number of nitro groups is 1.